The fraction of sp³-hybridized carbons (Fsp3) is 0.467. The molecule has 0 radical (unpaired) electrons. The monoisotopic (exact) mass is 314 g/mol. The van der Waals surface area contributed by atoms with Gasteiger partial charge >= 0.3 is 0 Å². The topological polar surface area (TPSA) is 43.4 Å². The first kappa shape index (κ1) is 16.9. The Morgan fingerprint density at radius 1 is 1.35 bits per heavy atom. The molecular weight excluding hydrogens is 296 g/mol. The maximum atomic E-state index is 11.7. The van der Waals surface area contributed by atoms with Crippen LogP contribution in [0, 0.1) is 18.8 Å². The van der Waals surface area contributed by atoms with E-state index in [0.717, 1.165) is 11.1 Å². The maximum Gasteiger partial charge on any atom is 0.155 e. The van der Waals surface area contributed by atoms with Crippen LogP contribution in [0.4, 0.5) is 0 Å². The van der Waals surface area contributed by atoms with Crippen LogP contribution in [0.1, 0.15) is 25.0 Å². The molecule has 0 aliphatic heterocycles. The first-order valence-electron chi connectivity index (χ1n) is 6.36. The summed E-state index contributed by atoms with van der Waals surface area (Å²) in [5, 5.41) is -0.375. The van der Waals surface area contributed by atoms with Gasteiger partial charge in [0.05, 0.1) is 16.9 Å². The predicted molar refractivity (Wildman–Crippen MR) is 83.2 cm³/mol. The molecule has 1 aromatic rings. The van der Waals surface area contributed by atoms with E-state index < -0.39 is 9.84 Å². The minimum absolute atomic E-state index is 0.0257. The molecule has 1 rings (SSSR count). The highest BCUT2D eigenvalue weighted by atomic mass is 35.5. The molecule has 0 atom stereocenters. The molecule has 0 saturated carbocycles. The fourth-order valence-corrected chi connectivity index (χ4v) is 2.38. The standard InChI is InChI=1S/C15H19ClO3S/c1-12(2)20(17,18)10-9-19-15-7-6-14(5-4-8-16)11-13(15)3/h6-7,11-12H,8-10H2,1-3H3. The molecule has 3 nitrogen and oxygen atoms in total. The minimum Gasteiger partial charge on any atom is -0.492 e. The van der Waals surface area contributed by atoms with Gasteiger partial charge in [-0.15, -0.1) is 11.6 Å². The molecule has 0 fully saturated rings. The van der Waals surface area contributed by atoms with Crippen molar-refractivity contribution in [2.45, 2.75) is 26.0 Å². The second kappa shape index (κ2) is 7.56. The zero-order valence-electron chi connectivity index (χ0n) is 11.9. The normalized spacial score (nSPS) is 11.1. The molecule has 0 saturated heterocycles. The number of hydrogen-bond acceptors (Lipinski definition) is 3. The van der Waals surface area contributed by atoms with Crippen LogP contribution in [0.5, 0.6) is 5.75 Å². The average Bonchev–Trinajstić information content (AvgIpc) is 2.38. The van der Waals surface area contributed by atoms with E-state index in [4.69, 9.17) is 16.3 Å². The quantitative estimate of drug-likeness (QED) is 0.620. The van der Waals surface area contributed by atoms with E-state index in [1.165, 1.54) is 0 Å². The van der Waals surface area contributed by atoms with Gasteiger partial charge in [-0.25, -0.2) is 8.42 Å². The summed E-state index contributed by atoms with van der Waals surface area (Å²) in [6, 6.07) is 5.53. The summed E-state index contributed by atoms with van der Waals surface area (Å²) in [7, 11) is -3.06. The Bertz CT molecular complexity index is 610. The van der Waals surface area contributed by atoms with Crippen LogP contribution in [0.25, 0.3) is 0 Å². The smallest absolute Gasteiger partial charge is 0.155 e. The minimum atomic E-state index is -3.06. The Labute approximate surface area is 126 Å². The van der Waals surface area contributed by atoms with Crippen molar-refractivity contribution in [2.24, 2.45) is 0 Å². The maximum absolute atomic E-state index is 11.7. The summed E-state index contributed by atoms with van der Waals surface area (Å²) in [5.41, 5.74) is 1.79. The number of halogens is 1. The lowest BCUT2D eigenvalue weighted by Gasteiger charge is -2.11. The summed E-state index contributed by atoms with van der Waals surface area (Å²) in [6.45, 7) is 5.40. The number of aryl methyl sites for hydroxylation is 1. The largest absolute Gasteiger partial charge is 0.492 e. The van der Waals surface area contributed by atoms with Crippen LogP contribution < -0.4 is 4.74 Å². The summed E-state index contributed by atoms with van der Waals surface area (Å²) in [6.07, 6.45) is 0. The molecule has 0 aliphatic carbocycles. The van der Waals surface area contributed by atoms with Gasteiger partial charge < -0.3 is 4.74 Å². The van der Waals surface area contributed by atoms with E-state index >= 15 is 0 Å². The van der Waals surface area contributed by atoms with E-state index in [0.29, 0.717) is 11.6 Å². The summed E-state index contributed by atoms with van der Waals surface area (Å²) >= 11 is 5.50. The molecular formula is C15H19ClO3S. The molecule has 5 heteroatoms. The van der Waals surface area contributed by atoms with Gasteiger partial charge in [-0.3, -0.25) is 0 Å². The second-order valence-electron chi connectivity index (χ2n) is 4.68. The van der Waals surface area contributed by atoms with E-state index in [1.807, 2.05) is 19.1 Å². The van der Waals surface area contributed by atoms with Crippen molar-refractivity contribution in [1.82, 2.24) is 0 Å². The number of sulfone groups is 1. The Morgan fingerprint density at radius 3 is 2.60 bits per heavy atom. The van der Waals surface area contributed by atoms with Gasteiger partial charge in [-0.1, -0.05) is 11.8 Å². The van der Waals surface area contributed by atoms with Gasteiger partial charge in [0.15, 0.2) is 9.84 Å². The Morgan fingerprint density at radius 2 is 2.05 bits per heavy atom. The lowest BCUT2D eigenvalue weighted by atomic mass is 10.1. The van der Waals surface area contributed by atoms with Crippen molar-refractivity contribution in [3.8, 4) is 17.6 Å². The van der Waals surface area contributed by atoms with Crippen molar-refractivity contribution in [2.75, 3.05) is 18.2 Å². The molecule has 0 aliphatic rings. The highest BCUT2D eigenvalue weighted by Gasteiger charge is 2.16. The van der Waals surface area contributed by atoms with Gasteiger partial charge in [-0.2, -0.15) is 0 Å². The van der Waals surface area contributed by atoms with Gasteiger partial charge in [0.25, 0.3) is 0 Å². The number of ether oxygens (including phenoxy) is 1. The lowest BCUT2D eigenvalue weighted by Crippen LogP contribution is -2.22. The molecule has 110 valence electrons. The highest BCUT2D eigenvalue weighted by Crippen LogP contribution is 2.19. The van der Waals surface area contributed by atoms with Crippen molar-refractivity contribution < 1.29 is 13.2 Å². The second-order valence-corrected chi connectivity index (χ2v) is 7.62. The zero-order valence-corrected chi connectivity index (χ0v) is 13.5. The first-order chi connectivity index (χ1) is 9.36. The molecule has 0 spiro atoms. The molecule has 1 aromatic carbocycles. The number of benzene rings is 1. The van der Waals surface area contributed by atoms with E-state index in [-0.39, 0.29) is 17.6 Å². The molecule has 20 heavy (non-hydrogen) atoms. The zero-order chi connectivity index (χ0) is 15.2. The third-order valence-corrected chi connectivity index (χ3v) is 5.12. The fourth-order valence-electron chi connectivity index (χ4n) is 1.53. The van der Waals surface area contributed by atoms with Crippen molar-refractivity contribution in [1.29, 1.82) is 0 Å². The van der Waals surface area contributed by atoms with Crippen LogP contribution in [0.3, 0.4) is 0 Å². The lowest BCUT2D eigenvalue weighted by molar-refractivity contribution is 0.338. The van der Waals surface area contributed by atoms with Crippen LogP contribution in [-0.4, -0.2) is 31.9 Å². The van der Waals surface area contributed by atoms with Crippen LogP contribution >= 0.6 is 11.6 Å². The van der Waals surface area contributed by atoms with E-state index in [1.54, 1.807) is 19.9 Å². The third kappa shape index (κ3) is 5.07. The number of hydrogen-bond donors (Lipinski definition) is 0. The summed E-state index contributed by atoms with van der Waals surface area (Å²) in [5.74, 6) is 6.71. The van der Waals surface area contributed by atoms with Crippen LogP contribution in [0.15, 0.2) is 18.2 Å². The van der Waals surface area contributed by atoms with Crippen LogP contribution in [-0.2, 0) is 9.84 Å². The van der Waals surface area contributed by atoms with E-state index in [9.17, 15) is 8.42 Å². The molecule has 0 amide bonds. The molecule has 0 bridgehead atoms. The molecule has 0 aromatic heterocycles. The predicted octanol–water partition coefficient (Wildman–Crippen LogP) is 2.79. The Balaban J connectivity index is 2.66. The summed E-state index contributed by atoms with van der Waals surface area (Å²) < 4.78 is 28.9. The van der Waals surface area contributed by atoms with E-state index in [2.05, 4.69) is 11.8 Å². The van der Waals surface area contributed by atoms with Crippen molar-refractivity contribution in [3.05, 3.63) is 29.3 Å². The van der Waals surface area contributed by atoms with Crippen molar-refractivity contribution in [3.63, 3.8) is 0 Å². The Hall–Kier alpha value is -1.18. The third-order valence-electron chi connectivity index (χ3n) is 2.82. The van der Waals surface area contributed by atoms with Gasteiger partial charge in [0.1, 0.15) is 12.4 Å². The number of rotatable bonds is 5. The van der Waals surface area contributed by atoms with Gasteiger partial charge in [0, 0.05) is 5.56 Å². The first-order valence-corrected chi connectivity index (χ1v) is 8.61. The molecule has 0 heterocycles. The average molecular weight is 315 g/mol. The van der Waals surface area contributed by atoms with Crippen molar-refractivity contribution >= 4 is 21.4 Å². The Kier molecular flexibility index (Phi) is 6.38. The SMILES string of the molecule is Cc1cc(C#CCCl)ccc1OCCS(=O)(=O)C(C)C. The van der Waals surface area contributed by atoms with Gasteiger partial charge in [0.2, 0.25) is 0 Å². The number of alkyl halides is 1. The van der Waals surface area contributed by atoms with Crippen LogP contribution in [0.2, 0.25) is 0 Å². The molecule has 0 N–H and O–H groups in total. The van der Waals surface area contributed by atoms with Gasteiger partial charge in [-0.05, 0) is 44.5 Å². The summed E-state index contributed by atoms with van der Waals surface area (Å²) in [4.78, 5) is 0. The molecule has 0 unspecified atom stereocenters. The highest BCUT2D eigenvalue weighted by molar-refractivity contribution is 7.91.